The van der Waals surface area contributed by atoms with Gasteiger partial charge in [-0.3, -0.25) is 0 Å². The van der Waals surface area contributed by atoms with Crippen LogP contribution in [0, 0.1) is 5.92 Å². The van der Waals surface area contributed by atoms with Gasteiger partial charge in [-0.25, -0.2) is 4.98 Å². The molecule has 0 aliphatic rings. The molecular weight excluding hydrogens is 286 g/mol. The van der Waals surface area contributed by atoms with Gasteiger partial charge in [-0.05, 0) is 50.1 Å². The summed E-state index contributed by atoms with van der Waals surface area (Å²) in [5.41, 5.74) is 2.26. The van der Waals surface area contributed by atoms with Crippen LogP contribution in [0.3, 0.4) is 0 Å². The van der Waals surface area contributed by atoms with Crippen LogP contribution >= 0.6 is 0 Å². The first kappa shape index (κ1) is 17.1. The van der Waals surface area contributed by atoms with Gasteiger partial charge in [0.25, 0.3) is 0 Å². The molecule has 0 bridgehead atoms. The highest BCUT2D eigenvalue weighted by molar-refractivity contribution is 5.61. The number of hydrogen-bond acceptors (Lipinski definition) is 5. The summed E-state index contributed by atoms with van der Waals surface area (Å²) in [5.74, 6) is 2.01. The number of benzene rings is 1. The fourth-order valence-corrected chi connectivity index (χ4v) is 2.30. The predicted molar refractivity (Wildman–Crippen MR) is 98.6 cm³/mol. The van der Waals surface area contributed by atoms with E-state index in [9.17, 15) is 0 Å². The molecule has 0 saturated carbocycles. The van der Waals surface area contributed by atoms with E-state index in [-0.39, 0.29) is 0 Å². The molecule has 0 aliphatic heterocycles. The minimum absolute atomic E-state index is 0.558. The van der Waals surface area contributed by atoms with Crippen molar-refractivity contribution in [1.29, 1.82) is 0 Å². The highest BCUT2D eigenvalue weighted by atomic mass is 15.1. The average Bonchev–Trinajstić information content (AvgIpc) is 2.56. The van der Waals surface area contributed by atoms with Crippen LogP contribution in [0.2, 0.25) is 0 Å². The van der Waals surface area contributed by atoms with Crippen LogP contribution in [-0.2, 0) is 0 Å². The smallest absolute Gasteiger partial charge is 0.224 e. The molecule has 124 valence electrons. The zero-order valence-electron chi connectivity index (χ0n) is 14.5. The van der Waals surface area contributed by atoms with Crippen molar-refractivity contribution in [2.24, 2.45) is 5.92 Å². The molecule has 2 aromatic rings. The van der Waals surface area contributed by atoms with Crippen molar-refractivity contribution in [1.82, 2.24) is 9.97 Å². The van der Waals surface area contributed by atoms with E-state index in [2.05, 4.69) is 77.5 Å². The summed E-state index contributed by atoms with van der Waals surface area (Å²) in [6.07, 6.45) is 1.77. The van der Waals surface area contributed by atoms with E-state index in [4.69, 9.17) is 0 Å². The van der Waals surface area contributed by atoms with Gasteiger partial charge in [0.2, 0.25) is 5.95 Å². The SMILES string of the molecule is CCN(CC)c1ccc(Nc2ccnc(NCC(C)C)n2)cc1. The maximum absolute atomic E-state index is 4.49. The summed E-state index contributed by atoms with van der Waals surface area (Å²) < 4.78 is 0. The molecule has 0 radical (unpaired) electrons. The summed E-state index contributed by atoms with van der Waals surface area (Å²) in [6.45, 7) is 11.5. The molecule has 5 heteroatoms. The Morgan fingerprint density at radius 2 is 1.74 bits per heavy atom. The maximum atomic E-state index is 4.49. The third kappa shape index (κ3) is 5.13. The summed E-state index contributed by atoms with van der Waals surface area (Å²) in [4.78, 5) is 11.1. The van der Waals surface area contributed by atoms with Gasteiger partial charge in [-0.1, -0.05) is 13.8 Å². The molecule has 0 unspecified atom stereocenters. The van der Waals surface area contributed by atoms with Gasteiger partial charge in [0, 0.05) is 37.2 Å². The van der Waals surface area contributed by atoms with Crippen LogP contribution < -0.4 is 15.5 Å². The third-order valence-electron chi connectivity index (χ3n) is 3.59. The van der Waals surface area contributed by atoms with E-state index >= 15 is 0 Å². The Morgan fingerprint density at radius 3 is 2.35 bits per heavy atom. The highest BCUT2D eigenvalue weighted by Crippen LogP contribution is 2.20. The third-order valence-corrected chi connectivity index (χ3v) is 3.59. The quantitative estimate of drug-likeness (QED) is 0.767. The summed E-state index contributed by atoms with van der Waals surface area (Å²) >= 11 is 0. The van der Waals surface area contributed by atoms with E-state index in [1.54, 1.807) is 6.20 Å². The lowest BCUT2D eigenvalue weighted by Crippen LogP contribution is -2.21. The van der Waals surface area contributed by atoms with Crippen LogP contribution in [0.1, 0.15) is 27.7 Å². The first-order valence-electron chi connectivity index (χ1n) is 8.31. The molecule has 0 saturated heterocycles. The van der Waals surface area contributed by atoms with Crippen LogP contribution in [0.5, 0.6) is 0 Å². The fourth-order valence-electron chi connectivity index (χ4n) is 2.30. The van der Waals surface area contributed by atoms with Crippen LogP contribution in [0.4, 0.5) is 23.1 Å². The van der Waals surface area contributed by atoms with Gasteiger partial charge in [0.05, 0.1) is 0 Å². The average molecular weight is 313 g/mol. The standard InChI is InChI=1S/C18H27N5/c1-5-23(6-2)16-9-7-15(8-10-16)21-17-11-12-19-18(22-17)20-13-14(3)4/h7-12,14H,5-6,13H2,1-4H3,(H2,19,20,21,22). The van der Waals surface area contributed by atoms with Crippen molar-refractivity contribution in [2.75, 3.05) is 35.2 Å². The topological polar surface area (TPSA) is 53.1 Å². The van der Waals surface area contributed by atoms with Crippen LogP contribution in [-0.4, -0.2) is 29.6 Å². The number of rotatable bonds is 8. The van der Waals surface area contributed by atoms with Gasteiger partial charge in [0.15, 0.2) is 0 Å². The minimum Gasteiger partial charge on any atom is -0.372 e. The van der Waals surface area contributed by atoms with E-state index < -0.39 is 0 Å². The van der Waals surface area contributed by atoms with Crippen molar-refractivity contribution >= 4 is 23.1 Å². The highest BCUT2D eigenvalue weighted by Gasteiger charge is 2.03. The molecule has 1 aromatic carbocycles. The molecular formula is C18H27N5. The molecule has 0 atom stereocenters. The lowest BCUT2D eigenvalue weighted by Gasteiger charge is -2.21. The van der Waals surface area contributed by atoms with E-state index in [0.717, 1.165) is 31.1 Å². The molecule has 0 fully saturated rings. The Bertz CT molecular complexity index is 591. The maximum Gasteiger partial charge on any atom is 0.224 e. The first-order valence-corrected chi connectivity index (χ1v) is 8.31. The molecule has 23 heavy (non-hydrogen) atoms. The number of aromatic nitrogens is 2. The summed E-state index contributed by atoms with van der Waals surface area (Å²) in [7, 11) is 0. The summed E-state index contributed by atoms with van der Waals surface area (Å²) in [6, 6.07) is 10.3. The largest absolute Gasteiger partial charge is 0.372 e. The van der Waals surface area contributed by atoms with E-state index in [1.165, 1.54) is 5.69 Å². The molecule has 2 N–H and O–H groups in total. The molecule has 1 aromatic heterocycles. The van der Waals surface area contributed by atoms with Gasteiger partial charge in [-0.15, -0.1) is 0 Å². The Labute approximate surface area is 139 Å². The molecule has 2 rings (SSSR count). The van der Waals surface area contributed by atoms with Gasteiger partial charge >= 0.3 is 0 Å². The van der Waals surface area contributed by atoms with Crippen molar-refractivity contribution in [3.8, 4) is 0 Å². The number of nitrogens with zero attached hydrogens (tertiary/aromatic N) is 3. The van der Waals surface area contributed by atoms with Gasteiger partial charge in [0.1, 0.15) is 5.82 Å². The Kier molecular flexibility index (Phi) is 6.20. The molecule has 0 aliphatic carbocycles. The lowest BCUT2D eigenvalue weighted by atomic mass is 10.2. The molecule has 0 spiro atoms. The van der Waals surface area contributed by atoms with Crippen molar-refractivity contribution in [2.45, 2.75) is 27.7 Å². The second kappa shape index (κ2) is 8.36. The minimum atomic E-state index is 0.558. The molecule has 1 heterocycles. The van der Waals surface area contributed by atoms with Crippen molar-refractivity contribution in [3.63, 3.8) is 0 Å². The number of anilines is 4. The Hall–Kier alpha value is -2.30. The van der Waals surface area contributed by atoms with Crippen molar-refractivity contribution in [3.05, 3.63) is 36.5 Å². The molecule has 5 nitrogen and oxygen atoms in total. The zero-order valence-corrected chi connectivity index (χ0v) is 14.5. The second-order valence-corrected chi connectivity index (χ2v) is 5.88. The summed E-state index contributed by atoms with van der Waals surface area (Å²) in [5, 5.41) is 6.57. The fraction of sp³-hybridized carbons (Fsp3) is 0.444. The van der Waals surface area contributed by atoms with Crippen LogP contribution in [0.15, 0.2) is 36.5 Å². The molecule has 0 amide bonds. The number of hydrogen-bond donors (Lipinski definition) is 2. The lowest BCUT2D eigenvalue weighted by molar-refractivity contribution is 0.684. The van der Waals surface area contributed by atoms with Crippen molar-refractivity contribution < 1.29 is 0 Å². The zero-order chi connectivity index (χ0) is 16.7. The predicted octanol–water partition coefficient (Wildman–Crippen LogP) is 4.13. The van der Waals surface area contributed by atoms with Gasteiger partial charge in [-0.2, -0.15) is 4.98 Å². The normalized spacial score (nSPS) is 10.7. The monoisotopic (exact) mass is 313 g/mol. The Morgan fingerprint density at radius 1 is 1.04 bits per heavy atom. The van der Waals surface area contributed by atoms with E-state index in [1.807, 2.05) is 6.07 Å². The second-order valence-electron chi connectivity index (χ2n) is 5.88. The number of nitrogens with one attached hydrogen (secondary N) is 2. The van der Waals surface area contributed by atoms with Crippen LogP contribution in [0.25, 0.3) is 0 Å². The van der Waals surface area contributed by atoms with Gasteiger partial charge < -0.3 is 15.5 Å². The van der Waals surface area contributed by atoms with E-state index in [0.29, 0.717) is 11.9 Å². The Balaban J connectivity index is 2.03. The first-order chi connectivity index (χ1) is 11.1.